The highest BCUT2D eigenvalue weighted by Gasteiger charge is 2.20. The van der Waals surface area contributed by atoms with Gasteiger partial charge in [0, 0.05) is 5.56 Å². The predicted molar refractivity (Wildman–Crippen MR) is 64.9 cm³/mol. The van der Waals surface area contributed by atoms with E-state index in [4.69, 9.17) is 4.74 Å². The van der Waals surface area contributed by atoms with Crippen LogP contribution in [0.2, 0.25) is 0 Å². The normalized spacial score (nSPS) is 25.4. The van der Waals surface area contributed by atoms with Gasteiger partial charge >= 0.3 is 0 Å². The molecule has 0 radical (unpaired) electrons. The molecule has 1 fully saturated rings. The van der Waals surface area contributed by atoms with Crippen molar-refractivity contribution in [3.63, 3.8) is 0 Å². The number of ether oxygens (including phenoxy) is 1. The van der Waals surface area contributed by atoms with Crippen molar-refractivity contribution >= 4 is 0 Å². The minimum Gasteiger partial charge on any atom is -0.508 e. The van der Waals surface area contributed by atoms with Gasteiger partial charge in [-0.2, -0.15) is 0 Å². The smallest absolute Gasteiger partial charge is 0.126 e. The van der Waals surface area contributed by atoms with Crippen molar-refractivity contribution in [3.05, 3.63) is 23.8 Å². The number of benzene rings is 1. The largest absolute Gasteiger partial charge is 0.508 e. The van der Waals surface area contributed by atoms with Gasteiger partial charge in [0.1, 0.15) is 11.5 Å². The Morgan fingerprint density at radius 3 is 2.88 bits per heavy atom. The Kier molecular flexibility index (Phi) is 3.37. The Balaban J connectivity index is 2.05. The van der Waals surface area contributed by atoms with Crippen LogP contribution in [0.15, 0.2) is 18.2 Å². The highest BCUT2D eigenvalue weighted by atomic mass is 16.5. The molecule has 1 aromatic rings. The van der Waals surface area contributed by atoms with Crippen LogP contribution in [0.4, 0.5) is 0 Å². The van der Waals surface area contributed by atoms with Crippen LogP contribution >= 0.6 is 0 Å². The molecule has 0 heterocycles. The fourth-order valence-corrected chi connectivity index (χ4v) is 2.40. The lowest BCUT2D eigenvalue weighted by molar-refractivity contribution is 0.128. The minimum absolute atomic E-state index is 0.321. The lowest BCUT2D eigenvalue weighted by atomic mass is 9.88. The molecular formula is C14H20O2. The third-order valence-electron chi connectivity index (χ3n) is 3.44. The quantitative estimate of drug-likeness (QED) is 0.824. The summed E-state index contributed by atoms with van der Waals surface area (Å²) in [4.78, 5) is 0. The van der Waals surface area contributed by atoms with Gasteiger partial charge in [0.25, 0.3) is 0 Å². The van der Waals surface area contributed by atoms with Crippen LogP contribution in [0, 0.1) is 12.8 Å². The molecule has 2 heteroatoms. The fourth-order valence-electron chi connectivity index (χ4n) is 2.40. The van der Waals surface area contributed by atoms with Crippen LogP contribution in [0.5, 0.6) is 11.5 Å². The molecule has 16 heavy (non-hydrogen) atoms. The fraction of sp³-hybridized carbons (Fsp3) is 0.571. The summed E-state index contributed by atoms with van der Waals surface area (Å²) < 4.78 is 5.98. The summed E-state index contributed by atoms with van der Waals surface area (Å²) in [5.41, 5.74) is 0.848. The van der Waals surface area contributed by atoms with Gasteiger partial charge in [-0.05, 0) is 44.2 Å². The van der Waals surface area contributed by atoms with E-state index >= 15 is 0 Å². The Morgan fingerprint density at radius 1 is 1.31 bits per heavy atom. The van der Waals surface area contributed by atoms with Gasteiger partial charge < -0.3 is 9.84 Å². The minimum atomic E-state index is 0.321. The van der Waals surface area contributed by atoms with Gasteiger partial charge in [-0.15, -0.1) is 0 Å². The standard InChI is InChI=1S/C14H20O2/c1-10-5-3-6-12(9-10)16-14-8-4-7-13(15)11(14)2/h4,7-8,10,12,15H,3,5-6,9H2,1-2H3. The summed E-state index contributed by atoms with van der Waals surface area (Å²) >= 11 is 0. The molecule has 1 aliphatic carbocycles. The van der Waals surface area contributed by atoms with E-state index in [1.165, 1.54) is 12.8 Å². The van der Waals surface area contributed by atoms with Crippen molar-refractivity contribution in [1.29, 1.82) is 0 Å². The molecule has 0 spiro atoms. The second-order valence-electron chi connectivity index (χ2n) is 4.91. The number of phenolic OH excluding ortho intramolecular Hbond substituents is 1. The molecular weight excluding hydrogens is 200 g/mol. The summed E-state index contributed by atoms with van der Waals surface area (Å²) in [6, 6.07) is 5.48. The Labute approximate surface area is 97.3 Å². The van der Waals surface area contributed by atoms with E-state index in [9.17, 15) is 5.11 Å². The van der Waals surface area contributed by atoms with Crippen molar-refractivity contribution < 1.29 is 9.84 Å². The molecule has 0 amide bonds. The first-order valence-electron chi connectivity index (χ1n) is 6.12. The molecule has 2 atom stereocenters. The van der Waals surface area contributed by atoms with Crippen molar-refractivity contribution in [2.75, 3.05) is 0 Å². The molecule has 0 saturated heterocycles. The average molecular weight is 220 g/mol. The first kappa shape index (κ1) is 11.3. The Hall–Kier alpha value is -1.18. The predicted octanol–water partition coefficient (Wildman–Crippen LogP) is 3.66. The van der Waals surface area contributed by atoms with Crippen LogP contribution < -0.4 is 4.74 Å². The van der Waals surface area contributed by atoms with Crippen molar-refractivity contribution in [2.24, 2.45) is 5.92 Å². The van der Waals surface area contributed by atoms with E-state index in [1.807, 2.05) is 19.1 Å². The van der Waals surface area contributed by atoms with E-state index in [1.54, 1.807) is 6.07 Å². The number of aromatic hydroxyl groups is 1. The second kappa shape index (κ2) is 4.77. The summed E-state index contributed by atoms with van der Waals surface area (Å²) in [5, 5.41) is 9.60. The molecule has 1 saturated carbocycles. The van der Waals surface area contributed by atoms with Crippen LogP contribution in [0.3, 0.4) is 0 Å². The summed E-state index contributed by atoms with van der Waals surface area (Å²) in [7, 11) is 0. The molecule has 1 aromatic carbocycles. The van der Waals surface area contributed by atoms with E-state index in [2.05, 4.69) is 6.92 Å². The zero-order valence-corrected chi connectivity index (χ0v) is 10.1. The third-order valence-corrected chi connectivity index (χ3v) is 3.44. The molecule has 1 N–H and O–H groups in total. The maximum Gasteiger partial charge on any atom is 0.126 e. The van der Waals surface area contributed by atoms with E-state index in [-0.39, 0.29) is 0 Å². The summed E-state index contributed by atoms with van der Waals surface area (Å²) in [6.07, 6.45) is 5.17. The lowest BCUT2D eigenvalue weighted by Gasteiger charge is -2.28. The van der Waals surface area contributed by atoms with Crippen LogP contribution in [0.1, 0.15) is 38.2 Å². The van der Waals surface area contributed by atoms with Crippen LogP contribution in [0.25, 0.3) is 0 Å². The van der Waals surface area contributed by atoms with E-state index in [0.717, 1.165) is 30.1 Å². The van der Waals surface area contributed by atoms with E-state index in [0.29, 0.717) is 11.9 Å². The van der Waals surface area contributed by atoms with Gasteiger partial charge in [0.2, 0.25) is 0 Å². The topological polar surface area (TPSA) is 29.5 Å². The van der Waals surface area contributed by atoms with Gasteiger partial charge in [-0.3, -0.25) is 0 Å². The number of rotatable bonds is 2. The molecule has 2 unspecified atom stereocenters. The number of hydrogen-bond donors (Lipinski definition) is 1. The molecule has 0 aliphatic heterocycles. The first-order chi connectivity index (χ1) is 7.66. The van der Waals surface area contributed by atoms with Crippen molar-refractivity contribution in [1.82, 2.24) is 0 Å². The Morgan fingerprint density at radius 2 is 2.12 bits per heavy atom. The van der Waals surface area contributed by atoms with Gasteiger partial charge in [-0.1, -0.05) is 19.4 Å². The zero-order valence-electron chi connectivity index (χ0n) is 10.1. The van der Waals surface area contributed by atoms with Gasteiger partial charge in [0.05, 0.1) is 6.10 Å². The van der Waals surface area contributed by atoms with Gasteiger partial charge in [-0.25, -0.2) is 0 Å². The Bertz CT molecular complexity index is 360. The van der Waals surface area contributed by atoms with Crippen LogP contribution in [-0.4, -0.2) is 11.2 Å². The number of phenols is 1. The maximum absolute atomic E-state index is 9.60. The molecule has 2 nitrogen and oxygen atoms in total. The lowest BCUT2D eigenvalue weighted by Crippen LogP contribution is -2.24. The average Bonchev–Trinajstić information content (AvgIpc) is 2.25. The van der Waals surface area contributed by atoms with Gasteiger partial charge in [0.15, 0.2) is 0 Å². The molecule has 0 aromatic heterocycles. The molecule has 0 bridgehead atoms. The van der Waals surface area contributed by atoms with Crippen molar-refractivity contribution in [3.8, 4) is 11.5 Å². The van der Waals surface area contributed by atoms with Crippen molar-refractivity contribution in [2.45, 2.75) is 45.6 Å². The summed E-state index contributed by atoms with van der Waals surface area (Å²) in [6.45, 7) is 4.18. The molecule has 1 aliphatic rings. The van der Waals surface area contributed by atoms with Crippen LogP contribution in [-0.2, 0) is 0 Å². The monoisotopic (exact) mass is 220 g/mol. The maximum atomic E-state index is 9.60. The zero-order chi connectivity index (χ0) is 11.5. The first-order valence-corrected chi connectivity index (χ1v) is 6.12. The molecule has 2 rings (SSSR count). The number of hydrogen-bond acceptors (Lipinski definition) is 2. The highest BCUT2D eigenvalue weighted by Crippen LogP contribution is 2.31. The SMILES string of the molecule is Cc1c(O)cccc1OC1CCCC(C)C1. The van der Waals surface area contributed by atoms with E-state index < -0.39 is 0 Å². The third kappa shape index (κ3) is 2.49. The second-order valence-corrected chi connectivity index (χ2v) is 4.91. The summed E-state index contributed by atoms with van der Waals surface area (Å²) in [5.74, 6) is 1.91. The molecule has 88 valence electrons. The highest BCUT2D eigenvalue weighted by molar-refractivity contribution is 5.42.